The first-order valence-electron chi connectivity index (χ1n) is 5.09. The Kier molecular flexibility index (Phi) is 3.31. The SMILES string of the molecule is CCS/C=C1\C(=O)N(OC)c2ccccc21. The molecular formula is C12H13NO2S. The number of hydroxylamine groups is 1. The average Bonchev–Trinajstić information content (AvgIpc) is 2.58. The minimum absolute atomic E-state index is 0.0929. The topological polar surface area (TPSA) is 29.5 Å². The van der Waals surface area contributed by atoms with Crippen LogP contribution in [0, 0.1) is 0 Å². The Labute approximate surface area is 99.0 Å². The van der Waals surface area contributed by atoms with Gasteiger partial charge in [-0.2, -0.15) is 5.06 Å². The molecule has 1 aromatic rings. The molecule has 0 unspecified atom stereocenters. The molecule has 1 aromatic carbocycles. The molecule has 1 amide bonds. The third-order valence-corrected chi connectivity index (χ3v) is 3.11. The molecular weight excluding hydrogens is 222 g/mol. The second-order valence-corrected chi connectivity index (χ2v) is 4.43. The first kappa shape index (κ1) is 11.2. The van der Waals surface area contributed by atoms with Gasteiger partial charge >= 0.3 is 0 Å². The Balaban J connectivity index is 2.46. The third-order valence-electron chi connectivity index (χ3n) is 2.38. The summed E-state index contributed by atoms with van der Waals surface area (Å²) in [7, 11) is 1.50. The number of benzene rings is 1. The maximum absolute atomic E-state index is 12.0. The fourth-order valence-corrected chi connectivity index (χ4v) is 2.24. The fraction of sp³-hybridized carbons (Fsp3) is 0.250. The van der Waals surface area contributed by atoms with Crippen LogP contribution in [0.1, 0.15) is 12.5 Å². The van der Waals surface area contributed by atoms with Gasteiger partial charge < -0.3 is 0 Å². The summed E-state index contributed by atoms with van der Waals surface area (Å²) in [5.41, 5.74) is 2.47. The monoisotopic (exact) mass is 235 g/mol. The molecule has 0 N–H and O–H groups in total. The van der Waals surface area contributed by atoms with Crippen LogP contribution in [0.2, 0.25) is 0 Å². The van der Waals surface area contributed by atoms with Gasteiger partial charge in [0.25, 0.3) is 5.91 Å². The van der Waals surface area contributed by atoms with Gasteiger partial charge in [0.05, 0.1) is 18.4 Å². The maximum Gasteiger partial charge on any atom is 0.283 e. The summed E-state index contributed by atoms with van der Waals surface area (Å²) in [5, 5.41) is 3.23. The Morgan fingerprint density at radius 1 is 1.44 bits per heavy atom. The second-order valence-electron chi connectivity index (χ2n) is 3.29. The number of rotatable bonds is 3. The second kappa shape index (κ2) is 4.72. The van der Waals surface area contributed by atoms with Gasteiger partial charge in [-0.3, -0.25) is 9.63 Å². The van der Waals surface area contributed by atoms with Crippen LogP contribution >= 0.6 is 11.8 Å². The molecule has 84 valence electrons. The lowest BCUT2D eigenvalue weighted by atomic mass is 10.1. The molecule has 0 spiro atoms. The van der Waals surface area contributed by atoms with Crippen molar-refractivity contribution in [1.82, 2.24) is 0 Å². The van der Waals surface area contributed by atoms with Gasteiger partial charge in [0.1, 0.15) is 0 Å². The molecule has 2 rings (SSSR count). The lowest BCUT2D eigenvalue weighted by molar-refractivity contribution is -0.118. The molecule has 4 heteroatoms. The lowest BCUT2D eigenvalue weighted by Gasteiger charge is -2.12. The van der Waals surface area contributed by atoms with Crippen molar-refractivity contribution in [3.8, 4) is 0 Å². The zero-order valence-corrected chi connectivity index (χ0v) is 10.1. The highest BCUT2D eigenvalue weighted by Crippen LogP contribution is 2.37. The van der Waals surface area contributed by atoms with Gasteiger partial charge in [-0.1, -0.05) is 25.1 Å². The van der Waals surface area contributed by atoms with Crippen LogP contribution in [0.15, 0.2) is 29.7 Å². The Bertz CT molecular complexity index is 442. The number of amides is 1. The largest absolute Gasteiger partial charge is 0.283 e. The smallest absolute Gasteiger partial charge is 0.269 e. The van der Waals surface area contributed by atoms with Crippen molar-refractivity contribution >= 4 is 28.9 Å². The number of hydrogen-bond acceptors (Lipinski definition) is 3. The minimum atomic E-state index is -0.0929. The number of hydrogen-bond donors (Lipinski definition) is 0. The van der Waals surface area contributed by atoms with E-state index in [-0.39, 0.29) is 5.91 Å². The average molecular weight is 235 g/mol. The Morgan fingerprint density at radius 3 is 2.88 bits per heavy atom. The van der Waals surface area contributed by atoms with Gasteiger partial charge in [-0.15, -0.1) is 11.8 Å². The number of anilines is 1. The number of carbonyl (C=O) groups is 1. The lowest BCUT2D eigenvalue weighted by Crippen LogP contribution is -2.24. The van der Waals surface area contributed by atoms with E-state index in [0.29, 0.717) is 5.57 Å². The van der Waals surface area contributed by atoms with E-state index in [2.05, 4.69) is 6.92 Å². The molecule has 1 aliphatic heterocycles. The van der Waals surface area contributed by atoms with E-state index >= 15 is 0 Å². The predicted molar refractivity (Wildman–Crippen MR) is 67.0 cm³/mol. The third kappa shape index (κ3) is 1.74. The predicted octanol–water partition coefficient (Wildman–Crippen LogP) is 2.69. The van der Waals surface area contributed by atoms with E-state index in [1.165, 1.54) is 12.2 Å². The van der Waals surface area contributed by atoms with E-state index < -0.39 is 0 Å². The van der Waals surface area contributed by atoms with Crippen LogP contribution in [0.3, 0.4) is 0 Å². The summed E-state index contributed by atoms with van der Waals surface area (Å²) in [6.45, 7) is 2.06. The van der Waals surface area contributed by atoms with Crippen LogP contribution in [-0.4, -0.2) is 18.8 Å². The van der Waals surface area contributed by atoms with Crippen LogP contribution in [0.25, 0.3) is 5.57 Å². The van der Waals surface area contributed by atoms with Gasteiger partial charge in [0.2, 0.25) is 0 Å². The fourth-order valence-electron chi connectivity index (χ4n) is 1.67. The zero-order chi connectivity index (χ0) is 11.5. The van der Waals surface area contributed by atoms with E-state index in [1.807, 2.05) is 29.7 Å². The summed E-state index contributed by atoms with van der Waals surface area (Å²) in [5.74, 6) is 0.857. The Morgan fingerprint density at radius 2 is 2.19 bits per heavy atom. The first-order valence-corrected chi connectivity index (χ1v) is 6.14. The number of carbonyl (C=O) groups excluding carboxylic acids is 1. The molecule has 0 bridgehead atoms. The van der Waals surface area contributed by atoms with Crippen LogP contribution < -0.4 is 5.06 Å². The van der Waals surface area contributed by atoms with E-state index in [9.17, 15) is 4.79 Å². The van der Waals surface area contributed by atoms with Crippen LogP contribution in [0.5, 0.6) is 0 Å². The Hall–Kier alpha value is -1.26. The molecule has 1 heterocycles. The van der Waals surface area contributed by atoms with E-state index in [0.717, 1.165) is 17.0 Å². The highest BCUT2D eigenvalue weighted by molar-refractivity contribution is 8.02. The van der Waals surface area contributed by atoms with Crippen molar-refractivity contribution in [3.05, 3.63) is 35.2 Å². The molecule has 0 aliphatic carbocycles. The number of fused-ring (bicyclic) bond motifs is 1. The van der Waals surface area contributed by atoms with Crippen molar-refractivity contribution in [2.24, 2.45) is 0 Å². The van der Waals surface area contributed by atoms with Gasteiger partial charge in [0, 0.05) is 5.56 Å². The highest BCUT2D eigenvalue weighted by Gasteiger charge is 2.32. The molecule has 1 aliphatic rings. The minimum Gasteiger partial charge on any atom is -0.269 e. The molecule has 0 saturated carbocycles. The molecule has 0 atom stereocenters. The summed E-state index contributed by atoms with van der Waals surface area (Å²) < 4.78 is 0. The normalized spacial score (nSPS) is 17.0. The van der Waals surface area contributed by atoms with Crippen molar-refractivity contribution in [3.63, 3.8) is 0 Å². The van der Waals surface area contributed by atoms with E-state index in [1.54, 1.807) is 11.8 Å². The molecule has 0 saturated heterocycles. The number of nitrogens with zero attached hydrogens (tertiary/aromatic N) is 1. The van der Waals surface area contributed by atoms with Gasteiger partial charge in [0.15, 0.2) is 0 Å². The van der Waals surface area contributed by atoms with Crippen molar-refractivity contribution < 1.29 is 9.63 Å². The standard InChI is InChI=1S/C12H13NO2S/c1-3-16-8-10-9-6-4-5-7-11(9)13(15-2)12(10)14/h4-8H,3H2,1-2H3/b10-8-. The summed E-state index contributed by atoms with van der Waals surface area (Å²) in [6.07, 6.45) is 0. The quantitative estimate of drug-likeness (QED) is 0.754. The number of para-hydroxylation sites is 1. The van der Waals surface area contributed by atoms with Crippen LogP contribution in [-0.2, 0) is 9.63 Å². The highest BCUT2D eigenvalue weighted by atomic mass is 32.2. The summed E-state index contributed by atoms with van der Waals surface area (Å²) in [6, 6.07) is 7.65. The number of thioether (sulfide) groups is 1. The molecule has 0 radical (unpaired) electrons. The van der Waals surface area contributed by atoms with Gasteiger partial charge in [-0.05, 0) is 17.2 Å². The molecule has 3 nitrogen and oxygen atoms in total. The summed E-state index contributed by atoms with van der Waals surface area (Å²) >= 11 is 1.62. The van der Waals surface area contributed by atoms with Crippen molar-refractivity contribution in [2.75, 3.05) is 17.9 Å². The van der Waals surface area contributed by atoms with E-state index in [4.69, 9.17) is 4.84 Å². The molecule has 0 aromatic heterocycles. The van der Waals surface area contributed by atoms with Crippen molar-refractivity contribution in [2.45, 2.75) is 6.92 Å². The van der Waals surface area contributed by atoms with Gasteiger partial charge in [-0.25, -0.2) is 0 Å². The molecule has 0 fully saturated rings. The first-order chi connectivity index (χ1) is 7.79. The van der Waals surface area contributed by atoms with Crippen LogP contribution in [0.4, 0.5) is 5.69 Å². The zero-order valence-electron chi connectivity index (χ0n) is 9.27. The maximum atomic E-state index is 12.0. The summed E-state index contributed by atoms with van der Waals surface area (Å²) in [4.78, 5) is 17.1. The van der Waals surface area contributed by atoms with Crippen molar-refractivity contribution in [1.29, 1.82) is 0 Å². The molecule has 16 heavy (non-hydrogen) atoms.